The Morgan fingerprint density at radius 1 is 1.08 bits per heavy atom. The fraction of sp³-hybridized carbons (Fsp3) is 0.200. The van der Waals surface area contributed by atoms with E-state index >= 15 is 0 Å². The van der Waals surface area contributed by atoms with E-state index in [1.165, 1.54) is 41.8 Å². The number of aromatic nitrogens is 2. The smallest absolute Gasteiger partial charge is 0.296 e. The number of hydrogen-bond acceptors (Lipinski definition) is 9. The normalized spacial score (nSPS) is 15.8. The highest BCUT2D eigenvalue weighted by Crippen LogP contribution is 2.47. The molecular formula is C25H20ClN3O5S2. The van der Waals surface area contributed by atoms with Gasteiger partial charge in [-0.15, -0.1) is 11.3 Å². The second-order valence-electron chi connectivity index (χ2n) is 8.03. The molecule has 5 rings (SSSR count). The van der Waals surface area contributed by atoms with Crippen LogP contribution in [-0.4, -0.2) is 41.0 Å². The lowest BCUT2D eigenvalue weighted by atomic mass is 9.94. The van der Waals surface area contributed by atoms with Crippen LogP contribution in [0.5, 0.6) is 11.5 Å². The molecule has 0 saturated heterocycles. The summed E-state index contributed by atoms with van der Waals surface area (Å²) in [4.78, 5) is 38.0. The van der Waals surface area contributed by atoms with Crippen molar-refractivity contribution in [3.63, 3.8) is 0 Å². The molecule has 0 aliphatic carbocycles. The molecule has 3 heterocycles. The Bertz CT molecular complexity index is 1580. The van der Waals surface area contributed by atoms with E-state index in [1.807, 2.05) is 0 Å². The molecule has 36 heavy (non-hydrogen) atoms. The van der Waals surface area contributed by atoms with Crippen molar-refractivity contribution >= 4 is 61.3 Å². The van der Waals surface area contributed by atoms with Gasteiger partial charge in [0.1, 0.15) is 17.5 Å². The third-order valence-electron chi connectivity index (χ3n) is 5.84. The van der Waals surface area contributed by atoms with E-state index in [0.717, 1.165) is 4.70 Å². The van der Waals surface area contributed by atoms with Crippen LogP contribution >= 0.6 is 34.3 Å². The van der Waals surface area contributed by atoms with Gasteiger partial charge < -0.3 is 14.6 Å². The number of ketones is 1. The van der Waals surface area contributed by atoms with Crippen molar-refractivity contribution in [2.45, 2.75) is 19.9 Å². The molecule has 1 aliphatic rings. The number of ether oxygens (including phenoxy) is 2. The second kappa shape index (κ2) is 9.20. The Balaban J connectivity index is 1.73. The van der Waals surface area contributed by atoms with Crippen LogP contribution in [0.1, 0.15) is 32.0 Å². The lowest BCUT2D eigenvalue weighted by Crippen LogP contribution is -2.31. The third-order valence-corrected chi connectivity index (χ3v) is 8.17. The minimum absolute atomic E-state index is 0.0625. The largest absolute Gasteiger partial charge is 0.503 e. The molecule has 2 aromatic carbocycles. The number of Topliss-reactive ketones (excluding diaryl/α,β-unsaturated/α-hetero) is 1. The number of anilines is 1. The molecule has 0 bridgehead atoms. The van der Waals surface area contributed by atoms with Crippen LogP contribution in [-0.2, 0) is 4.79 Å². The number of benzene rings is 2. The molecule has 4 aromatic rings. The molecule has 1 aliphatic heterocycles. The van der Waals surface area contributed by atoms with Crippen LogP contribution in [0.15, 0.2) is 47.7 Å². The maximum Gasteiger partial charge on any atom is 0.296 e. The summed E-state index contributed by atoms with van der Waals surface area (Å²) in [6, 6.07) is 9.30. The lowest BCUT2D eigenvalue weighted by Gasteiger charge is -2.26. The van der Waals surface area contributed by atoms with Crippen LogP contribution in [0.25, 0.3) is 10.2 Å². The van der Waals surface area contributed by atoms with E-state index in [9.17, 15) is 14.7 Å². The van der Waals surface area contributed by atoms with Gasteiger partial charge in [0.15, 0.2) is 10.9 Å². The number of amides is 1. The monoisotopic (exact) mass is 541 g/mol. The van der Waals surface area contributed by atoms with Crippen molar-refractivity contribution in [3.8, 4) is 11.5 Å². The van der Waals surface area contributed by atoms with Gasteiger partial charge in [-0.25, -0.2) is 9.97 Å². The number of halogens is 1. The predicted octanol–water partition coefficient (Wildman–Crippen LogP) is 5.82. The third kappa shape index (κ3) is 3.91. The predicted molar refractivity (Wildman–Crippen MR) is 140 cm³/mol. The Kier molecular flexibility index (Phi) is 6.19. The summed E-state index contributed by atoms with van der Waals surface area (Å²) in [5.41, 5.74) is 1.60. The van der Waals surface area contributed by atoms with Crippen LogP contribution in [0.3, 0.4) is 0 Å². The average Bonchev–Trinajstić information content (AvgIpc) is 3.50. The SMILES string of the molecule is COc1ccc(C2C(C(=O)c3sc(C)nc3C)=C(O)C(=O)N2c2nc3ccc(Cl)cc3s2)c(OC)c1. The summed E-state index contributed by atoms with van der Waals surface area (Å²) >= 11 is 8.60. The fourth-order valence-corrected chi connectivity index (χ4v) is 6.37. The van der Waals surface area contributed by atoms with Gasteiger partial charge in [0.25, 0.3) is 5.91 Å². The first-order chi connectivity index (χ1) is 17.2. The van der Waals surface area contributed by atoms with Gasteiger partial charge in [-0.1, -0.05) is 22.9 Å². The molecule has 1 atom stereocenters. The van der Waals surface area contributed by atoms with Crippen molar-refractivity contribution in [2.75, 3.05) is 19.1 Å². The van der Waals surface area contributed by atoms with E-state index < -0.39 is 23.5 Å². The maximum atomic E-state index is 13.8. The van der Waals surface area contributed by atoms with E-state index in [4.69, 9.17) is 21.1 Å². The molecular weight excluding hydrogens is 522 g/mol. The summed E-state index contributed by atoms with van der Waals surface area (Å²) in [7, 11) is 3.02. The number of carbonyl (C=O) groups excluding carboxylic acids is 2. The molecule has 184 valence electrons. The Morgan fingerprint density at radius 3 is 2.53 bits per heavy atom. The number of aliphatic hydroxyl groups excluding tert-OH is 1. The number of fused-ring (bicyclic) bond motifs is 1. The Hall–Kier alpha value is -3.47. The summed E-state index contributed by atoms with van der Waals surface area (Å²) in [6.45, 7) is 3.52. The van der Waals surface area contributed by atoms with Gasteiger partial charge in [0, 0.05) is 16.7 Å². The van der Waals surface area contributed by atoms with Gasteiger partial charge in [-0.3, -0.25) is 14.5 Å². The van der Waals surface area contributed by atoms with Crippen molar-refractivity contribution in [2.24, 2.45) is 0 Å². The second-order valence-corrected chi connectivity index (χ2v) is 10.7. The first-order valence-corrected chi connectivity index (χ1v) is 12.8. The standard InChI is InChI=1S/C25H20ClN3O5S2/c1-11-23(35-12(2)27-11)21(30)19-20(15-7-6-14(33-3)10-17(15)34-4)29(24(32)22(19)31)25-28-16-8-5-13(26)9-18(16)36-25/h5-10,20,31H,1-4H3. The number of methoxy groups -OCH3 is 2. The minimum Gasteiger partial charge on any atom is -0.503 e. The van der Waals surface area contributed by atoms with Crippen LogP contribution in [0, 0.1) is 13.8 Å². The molecule has 8 nitrogen and oxygen atoms in total. The Morgan fingerprint density at radius 2 is 1.86 bits per heavy atom. The molecule has 2 aromatic heterocycles. The molecule has 0 saturated carbocycles. The molecule has 0 radical (unpaired) electrons. The van der Waals surface area contributed by atoms with E-state index in [2.05, 4.69) is 9.97 Å². The molecule has 1 amide bonds. The van der Waals surface area contributed by atoms with Gasteiger partial charge in [0.2, 0.25) is 5.78 Å². The van der Waals surface area contributed by atoms with Gasteiger partial charge in [-0.2, -0.15) is 0 Å². The van der Waals surface area contributed by atoms with Gasteiger partial charge >= 0.3 is 0 Å². The quantitative estimate of drug-likeness (QED) is 0.307. The number of rotatable bonds is 6. The van der Waals surface area contributed by atoms with E-state index in [-0.39, 0.29) is 5.57 Å². The van der Waals surface area contributed by atoms with Crippen molar-refractivity contribution in [3.05, 3.63) is 73.9 Å². The van der Waals surface area contributed by atoms with E-state index in [1.54, 1.807) is 50.2 Å². The van der Waals surface area contributed by atoms with Gasteiger partial charge in [0.05, 0.1) is 45.6 Å². The number of hydrogen-bond donors (Lipinski definition) is 1. The lowest BCUT2D eigenvalue weighted by molar-refractivity contribution is -0.117. The van der Waals surface area contributed by atoms with Crippen LogP contribution in [0.2, 0.25) is 5.02 Å². The van der Waals surface area contributed by atoms with Crippen molar-refractivity contribution in [1.82, 2.24) is 9.97 Å². The van der Waals surface area contributed by atoms with Crippen molar-refractivity contribution in [1.29, 1.82) is 0 Å². The highest BCUT2D eigenvalue weighted by Gasteiger charge is 2.47. The summed E-state index contributed by atoms with van der Waals surface area (Å²) in [5.74, 6) is -0.913. The maximum absolute atomic E-state index is 13.8. The molecule has 0 spiro atoms. The molecule has 1 unspecified atom stereocenters. The number of aryl methyl sites for hydroxylation is 2. The minimum atomic E-state index is -0.997. The highest BCUT2D eigenvalue weighted by molar-refractivity contribution is 7.22. The molecule has 0 fully saturated rings. The summed E-state index contributed by atoms with van der Waals surface area (Å²) in [5, 5.41) is 12.6. The summed E-state index contributed by atoms with van der Waals surface area (Å²) < 4.78 is 11.7. The first-order valence-electron chi connectivity index (χ1n) is 10.8. The fourth-order valence-electron chi connectivity index (χ4n) is 4.23. The number of aliphatic hydroxyl groups is 1. The molecule has 1 N–H and O–H groups in total. The van der Waals surface area contributed by atoms with Crippen LogP contribution in [0.4, 0.5) is 5.13 Å². The van der Waals surface area contributed by atoms with E-state index in [0.29, 0.717) is 48.3 Å². The number of nitrogens with zero attached hydrogens (tertiary/aromatic N) is 3. The zero-order valence-corrected chi connectivity index (χ0v) is 22.0. The van der Waals surface area contributed by atoms with Crippen molar-refractivity contribution < 1.29 is 24.2 Å². The highest BCUT2D eigenvalue weighted by atomic mass is 35.5. The number of carbonyl (C=O) groups is 2. The zero-order chi connectivity index (χ0) is 25.7. The zero-order valence-electron chi connectivity index (χ0n) is 19.7. The first kappa shape index (κ1) is 24.2. The average molecular weight is 542 g/mol. The molecule has 11 heteroatoms. The Labute approximate surface area is 219 Å². The summed E-state index contributed by atoms with van der Waals surface area (Å²) in [6.07, 6.45) is 0. The van der Waals surface area contributed by atoms with Crippen LogP contribution < -0.4 is 14.4 Å². The van der Waals surface area contributed by atoms with Gasteiger partial charge in [-0.05, 0) is 44.2 Å². The topological polar surface area (TPSA) is 102 Å². The number of thiazole rings is 2.